The van der Waals surface area contributed by atoms with Crippen molar-refractivity contribution in [3.8, 4) is 5.75 Å². The number of fused-ring (bicyclic) bond motifs is 1. The summed E-state index contributed by atoms with van der Waals surface area (Å²) in [7, 11) is 1.61. The second-order valence-electron chi connectivity index (χ2n) is 4.49. The van der Waals surface area contributed by atoms with E-state index in [0.29, 0.717) is 18.5 Å². The maximum Gasteiger partial charge on any atom is 0.126 e. The van der Waals surface area contributed by atoms with E-state index in [2.05, 4.69) is 0 Å². The van der Waals surface area contributed by atoms with Gasteiger partial charge in [-0.1, -0.05) is 30.3 Å². The molecule has 2 unspecified atom stereocenters. The van der Waals surface area contributed by atoms with Gasteiger partial charge in [0, 0.05) is 5.39 Å². The number of aliphatic hydroxyl groups is 2. The standard InChI is InChI=1S/C15H19NO3/c1-19-14-7-6-12(15(18)13(17)8-9-16)10-4-2-3-5-11(10)14/h2-7,13,15,17-18H,8-9,16H2,1H3. The Balaban J connectivity index is 2.50. The van der Waals surface area contributed by atoms with E-state index in [4.69, 9.17) is 10.5 Å². The molecule has 4 heteroatoms. The van der Waals surface area contributed by atoms with Crippen LogP contribution in [0.25, 0.3) is 10.8 Å². The Kier molecular flexibility index (Phi) is 4.37. The van der Waals surface area contributed by atoms with E-state index >= 15 is 0 Å². The highest BCUT2D eigenvalue weighted by Crippen LogP contribution is 2.32. The third-order valence-corrected chi connectivity index (χ3v) is 3.28. The zero-order valence-electron chi connectivity index (χ0n) is 10.9. The van der Waals surface area contributed by atoms with Gasteiger partial charge < -0.3 is 20.7 Å². The van der Waals surface area contributed by atoms with Crippen LogP contribution in [0.4, 0.5) is 0 Å². The summed E-state index contributed by atoms with van der Waals surface area (Å²) < 4.78 is 5.31. The van der Waals surface area contributed by atoms with Gasteiger partial charge in [-0.15, -0.1) is 0 Å². The molecule has 19 heavy (non-hydrogen) atoms. The average Bonchev–Trinajstić information content (AvgIpc) is 2.45. The van der Waals surface area contributed by atoms with Gasteiger partial charge in [0.2, 0.25) is 0 Å². The van der Waals surface area contributed by atoms with E-state index in [1.165, 1.54) is 0 Å². The third-order valence-electron chi connectivity index (χ3n) is 3.28. The highest BCUT2D eigenvalue weighted by molar-refractivity contribution is 5.91. The van der Waals surface area contributed by atoms with Crippen LogP contribution >= 0.6 is 0 Å². The SMILES string of the molecule is COc1ccc(C(O)C(O)CCN)c2ccccc12. The highest BCUT2D eigenvalue weighted by Gasteiger charge is 2.20. The van der Waals surface area contributed by atoms with Crippen LogP contribution in [-0.2, 0) is 0 Å². The van der Waals surface area contributed by atoms with Gasteiger partial charge in [0.1, 0.15) is 11.9 Å². The summed E-state index contributed by atoms with van der Waals surface area (Å²) in [4.78, 5) is 0. The first-order valence-corrected chi connectivity index (χ1v) is 6.31. The van der Waals surface area contributed by atoms with Crippen molar-refractivity contribution in [1.82, 2.24) is 0 Å². The second-order valence-corrected chi connectivity index (χ2v) is 4.49. The molecule has 0 aliphatic rings. The Morgan fingerprint density at radius 2 is 1.79 bits per heavy atom. The first kappa shape index (κ1) is 13.8. The summed E-state index contributed by atoms with van der Waals surface area (Å²) in [6.07, 6.45) is -1.44. The average molecular weight is 261 g/mol. The maximum absolute atomic E-state index is 10.2. The molecular formula is C15H19NO3. The molecule has 0 aliphatic carbocycles. The quantitative estimate of drug-likeness (QED) is 0.764. The van der Waals surface area contributed by atoms with Crippen LogP contribution in [-0.4, -0.2) is 30.0 Å². The lowest BCUT2D eigenvalue weighted by Gasteiger charge is -2.20. The van der Waals surface area contributed by atoms with Crippen molar-refractivity contribution in [1.29, 1.82) is 0 Å². The molecular weight excluding hydrogens is 242 g/mol. The van der Waals surface area contributed by atoms with Crippen LogP contribution in [0.3, 0.4) is 0 Å². The molecule has 2 rings (SSSR count). The molecule has 0 heterocycles. The van der Waals surface area contributed by atoms with E-state index in [1.54, 1.807) is 19.2 Å². The van der Waals surface area contributed by atoms with E-state index in [-0.39, 0.29) is 0 Å². The lowest BCUT2D eigenvalue weighted by molar-refractivity contribution is 0.0158. The van der Waals surface area contributed by atoms with Crippen LogP contribution in [0.5, 0.6) is 5.75 Å². The molecule has 2 atom stereocenters. The van der Waals surface area contributed by atoms with Gasteiger partial charge in [-0.05, 0) is 30.0 Å². The van der Waals surface area contributed by atoms with Crippen molar-refractivity contribution in [2.24, 2.45) is 5.73 Å². The Morgan fingerprint density at radius 1 is 1.11 bits per heavy atom. The molecule has 0 aromatic heterocycles. The Morgan fingerprint density at radius 3 is 2.42 bits per heavy atom. The van der Waals surface area contributed by atoms with Gasteiger partial charge in [-0.2, -0.15) is 0 Å². The zero-order chi connectivity index (χ0) is 13.8. The largest absolute Gasteiger partial charge is 0.496 e. The first-order chi connectivity index (χ1) is 9.19. The van der Waals surface area contributed by atoms with Crippen molar-refractivity contribution >= 4 is 10.8 Å². The second kappa shape index (κ2) is 6.02. The molecule has 102 valence electrons. The van der Waals surface area contributed by atoms with E-state index in [9.17, 15) is 10.2 Å². The summed E-state index contributed by atoms with van der Waals surface area (Å²) in [6, 6.07) is 11.2. The van der Waals surface area contributed by atoms with E-state index in [0.717, 1.165) is 16.5 Å². The smallest absolute Gasteiger partial charge is 0.126 e. The van der Waals surface area contributed by atoms with Crippen molar-refractivity contribution in [2.75, 3.05) is 13.7 Å². The normalized spacial score (nSPS) is 14.3. The molecule has 2 aromatic rings. The number of rotatable bonds is 5. The number of nitrogens with two attached hydrogens (primary N) is 1. The fourth-order valence-electron chi connectivity index (χ4n) is 2.27. The van der Waals surface area contributed by atoms with Crippen molar-refractivity contribution < 1.29 is 14.9 Å². The van der Waals surface area contributed by atoms with E-state index in [1.807, 2.05) is 24.3 Å². The van der Waals surface area contributed by atoms with Crippen LogP contribution in [0.15, 0.2) is 36.4 Å². The summed E-state index contributed by atoms with van der Waals surface area (Å²) >= 11 is 0. The Hall–Kier alpha value is -1.62. The fourth-order valence-corrected chi connectivity index (χ4v) is 2.27. The number of hydrogen-bond donors (Lipinski definition) is 3. The Bertz CT molecular complexity index is 556. The molecule has 0 amide bonds. The van der Waals surface area contributed by atoms with Gasteiger partial charge in [0.25, 0.3) is 0 Å². The monoisotopic (exact) mass is 261 g/mol. The van der Waals surface area contributed by atoms with Crippen LogP contribution < -0.4 is 10.5 Å². The van der Waals surface area contributed by atoms with Gasteiger partial charge in [-0.3, -0.25) is 0 Å². The molecule has 2 aromatic carbocycles. The predicted octanol–water partition coefficient (Wildman–Crippen LogP) is 1.59. The van der Waals surface area contributed by atoms with Crippen LogP contribution in [0.2, 0.25) is 0 Å². The number of aliphatic hydroxyl groups excluding tert-OH is 2. The van der Waals surface area contributed by atoms with Gasteiger partial charge in [0.15, 0.2) is 0 Å². The van der Waals surface area contributed by atoms with Gasteiger partial charge >= 0.3 is 0 Å². The predicted molar refractivity (Wildman–Crippen MR) is 75.1 cm³/mol. The van der Waals surface area contributed by atoms with Crippen molar-refractivity contribution in [2.45, 2.75) is 18.6 Å². The number of methoxy groups -OCH3 is 1. The van der Waals surface area contributed by atoms with Gasteiger partial charge in [0.05, 0.1) is 13.2 Å². The molecule has 0 radical (unpaired) electrons. The minimum Gasteiger partial charge on any atom is -0.496 e. The van der Waals surface area contributed by atoms with Crippen molar-refractivity contribution in [3.05, 3.63) is 42.0 Å². The number of ether oxygens (including phenoxy) is 1. The molecule has 0 bridgehead atoms. The molecule has 4 nitrogen and oxygen atoms in total. The van der Waals surface area contributed by atoms with Gasteiger partial charge in [-0.25, -0.2) is 0 Å². The summed E-state index contributed by atoms with van der Waals surface area (Å²) in [5.41, 5.74) is 6.10. The summed E-state index contributed by atoms with van der Waals surface area (Å²) in [5.74, 6) is 0.750. The van der Waals surface area contributed by atoms with Crippen LogP contribution in [0.1, 0.15) is 18.1 Å². The van der Waals surface area contributed by atoms with Crippen molar-refractivity contribution in [3.63, 3.8) is 0 Å². The fraction of sp³-hybridized carbons (Fsp3) is 0.333. The lowest BCUT2D eigenvalue weighted by atomic mass is 9.95. The zero-order valence-corrected chi connectivity index (χ0v) is 10.9. The molecule has 4 N–H and O–H groups in total. The lowest BCUT2D eigenvalue weighted by Crippen LogP contribution is -2.22. The maximum atomic E-state index is 10.2. The Labute approximate surface area is 112 Å². The highest BCUT2D eigenvalue weighted by atomic mass is 16.5. The molecule has 0 spiro atoms. The minimum absolute atomic E-state index is 0.340. The van der Waals surface area contributed by atoms with Crippen LogP contribution in [0, 0.1) is 0 Å². The topological polar surface area (TPSA) is 75.7 Å². The molecule has 0 saturated carbocycles. The molecule has 0 saturated heterocycles. The minimum atomic E-state index is -0.945. The molecule has 0 aliphatic heterocycles. The summed E-state index contributed by atoms with van der Waals surface area (Å²) in [5, 5.41) is 21.9. The number of benzene rings is 2. The molecule has 0 fully saturated rings. The summed E-state index contributed by atoms with van der Waals surface area (Å²) in [6.45, 7) is 0.340. The number of hydrogen-bond acceptors (Lipinski definition) is 4. The first-order valence-electron chi connectivity index (χ1n) is 6.31. The third kappa shape index (κ3) is 2.71. The van der Waals surface area contributed by atoms with E-state index < -0.39 is 12.2 Å².